The van der Waals surface area contributed by atoms with Gasteiger partial charge < -0.3 is 29.2 Å². The van der Waals surface area contributed by atoms with Gasteiger partial charge in [0.2, 0.25) is 5.76 Å². The number of aliphatic hydroxyl groups excluding tert-OH is 2. The van der Waals surface area contributed by atoms with Crippen LogP contribution in [0.5, 0.6) is 0 Å². The molecule has 1 heterocycles. The van der Waals surface area contributed by atoms with Crippen LogP contribution in [-0.4, -0.2) is 72.7 Å². The molecule has 9 nitrogen and oxygen atoms in total. The number of hydrogen-bond acceptors (Lipinski definition) is 9. The number of ether oxygens (including phenoxy) is 4. The Balaban J connectivity index is 3.41. The summed E-state index contributed by atoms with van der Waals surface area (Å²) in [5.74, 6) is -3.33. The van der Waals surface area contributed by atoms with E-state index in [1.54, 1.807) is 32.1 Å². The topological polar surface area (TPSA) is 129 Å². The van der Waals surface area contributed by atoms with Crippen molar-refractivity contribution in [3.63, 3.8) is 0 Å². The van der Waals surface area contributed by atoms with Gasteiger partial charge in [0.05, 0.1) is 19.3 Å². The van der Waals surface area contributed by atoms with Gasteiger partial charge in [0.15, 0.2) is 5.78 Å². The molecule has 0 saturated carbocycles. The molecule has 48 heavy (non-hydrogen) atoms. The quantitative estimate of drug-likeness (QED) is 0.162. The van der Waals surface area contributed by atoms with Crippen LogP contribution in [0, 0.1) is 35.5 Å². The lowest BCUT2D eigenvalue weighted by Gasteiger charge is -2.33. The van der Waals surface area contributed by atoms with E-state index in [9.17, 15) is 24.6 Å². The summed E-state index contributed by atoms with van der Waals surface area (Å²) in [6, 6.07) is 0. The minimum atomic E-state index is -1.20. The predicted octanol–water partition coefficient (Wildman–Crippen LogP) is 6.69. The van der Waals surface area contributed by atoms with Crippen LogP contribution in [0.25, 0.3) is 0 Å². The van der Waals surface area contributed by atoms with Crippen LogP contribution in [0.3, 0.4) is 0 Å². The first-order chi connectivity index (χ1) is 22.5. The van der Waals surface area contributed by atoms with Crippen LogP contribution >= 0.6 is 0 Å². The van der Waals surface area contributed by atoms with Crippen molar-refractivity contribution >= 4 is 17.7 Å². The molecule has 0 aliphatic carbocycles. The Bertz CT molecular complexity index is 1190. The number of carbonyl (C=O) groups is 3. The number of rotatable bonds is 13. The largest absolute Gasteiger partial charge is 0.490 e. The van der Waals surface area contributed by atoms with Crippen molar-refractivity contribution in [1.82, 2.24) is 0 Å². The van der Waals surface area contributed by atoms with Gasteiger partial charge in [-0.05, 0) is 50.7 Å². The second-order valence-corrected chi connectivity index (χ2v) is 13.8. The third kappa shape index (κ3) is 13.5. The molecule has 0 amide bonds. The molecule has 272 valence electrons. The molecule has 0 saturated heterocycles. The molecular weight excluding hydrogens is 612 g/mol. The molecular formula is C39H62O9. The van der Waals surface area contributed by atoms with Gasteiger partial charge in [0, 0.05) is 37.2 Å². The fourth-order valence-electron chi connectivity index (χ4n) is 6.08. The Morgan fingerprint density at radius 2 is 1.75 bits per heavy atom. The molecule has 1 rings (SSSR count). The van der Waals surface area contributed by atoms with E-state index in [0.29, 0.717) is 19.3 Å². The van der Waals surface area contributed by atoms with Crippen molar-refractivity contribution in [2.75, 3.05) is 14.2 Å². The van der Waals surface area contributed by atoms with Gasteiger partial charge in [-0.3, -0.25) is 9.59 Å². The molecule has 0 fully saturated rings. The summed E-state index contributed by atoms with van der Waals surface area (Å²) in [6.07, 6.45) is 9.85. The zero-order valence-corrected chi connectivity index (χ0v) is 31.3. The van der Waals surface area contributed by atoms with E-state index in [4.69, 9.17) is 18.9 Å². The Labute approximate surface area is 289 Å². The van der Waals surface area contributed by atoms with E-state index in [1.807, 2.05) is 73.6 Å². The Morgan fingerprint density at radius 3 is 2.31 bits per heavy atom. The van der Waals surface area contributed by atoms with Crippen LogP contribution in [0.1, 0.15) is 88.5 Å². The highest BCUT2D eigenvalue weighted by Crippen LogP contribution is 2.27. The maximum atomic E-state index is 13.5. The molecule has 0 aromatic heterocycles. The third-order valence-corrected chi connectivity index (χ3v) is 9.07. The number of esters is 2. The van der Waals surface area contributed by atoms with Gasteiger partial charge in [-0.1, -0.05) is 96.9 Å². The van der Waals surface area contributed by atoms with Crippen LogP contribution in [0.15, 0.2) is 59.4 Å². The number of allylic oxidation sites excluding steroid dienone is 6. The molecule has 0 radical (unpaired) electrons. The molecule has 10 atom stereocenters. The van der Waals surface area contributed by atoms with Crippen LogP contribution in [0.4, 0.5) is 0 Å². The second kappa shape index (κ2) is 21.2. The van der Waals surface area contributed by atoms with Crippen LogP contribution in [-0.2, 0) is 33.3 Å². The summed E-state index contributed by atoms with van der Waals surface area (Å²) in [4.78, 5) is 39.0. The smallest absolute Gasteiger partial charge is 0.373 e. The highest BCUT2D eigenvalue weighted by Gasteiger charge is 2.38. The van der Waals surface area contributed by atoms with Crippen molar-refractivity contribution in [1.29, 1.82) is 0 Å². The maximum absolute atomic E-state index is 13.5. The van der Waals surface area contributed by atoms with E-state index in [-0.39, 0.29) is 41.2 Å². The lowest BCUT2D eigenvalue weighted by molar-refractivity contribution is -0.162. The number of hydrogen-bond donors (Lipinski definition) is 2. The lowest BCUT2D eigenvalue weighted by Crippen LogP contribution is -2.45. The van der Waals surface area contributed by atoms with Gasteiger partial charge in [0.25, 0.3) is 0 Å². The van der Waals surface area contributed by atoms with Crippen LogP contribution in [0.2, 0.25) is 0 Å². The Morgan fingerprint density at radius 1 is 1.10 bits per heavy atom. The normalized spacial score (nSPS) is 30.4. The molecule has 0 bridgehead atoms. The molecule has 0 aromatic carbocycles. The standard InChI is InChI=1S/C39H62O9/c1-13-15-34(41)47-37(23(2)3)26(6)18-19-31(40)29(9)36(43)30(10)38-32(45-11)17-14-16-24(4)20-27(7)35(42)28(8)21-25(5)22-33(46-12)39(44)48-38/h14,16-19,21-23,26-30,32,35-38,42-43H,13,15,20H2,1-12H3/b17-14-,19-18+,24-16-,25-21-,33-22+/t26-,27+,28+,29+,30-,32-,35-,36-,37+,38+/m0/s1. The minimum absolute atomic E-state index is 0.0121. The molecule has 1 aliphatic heterocycles. The van der Waals surface area contributed by atoms with Gasteiger partial charge in [0.1, 0.15) is 18.3 Å². The van der Waals surface area contributed by atoms with Gasteiger partial charge in [-0.2, -0.15) is 0 Å². The lowest BCUT2D eigenvalue weighted by atomic mass is 9.84. The first-order valence-electron chi connectivity index (χ1n) is 17.3. The molecule has 9 heteroatoms. The highest BCUT2D eigenvalue weighted by atomic mass is 16.6. The summed E-state index contributed by atoms with van der Waals surface area (Å²) in [6.45, 7) is 18.8. The maximum Gasteiger partial charge on any atom is 0.373 e. The van der Waals surface area contributed by atoms with Gasteiger partial charge >= 0.3 is 11.9 Å². The minimum Gasteiger partial charge on any atom is -0.490 e. The Hall–Kier alpha value is -3.01. The molecule has 0 unspecified atom stereocenters. The van der Waals surface area contributed by atoms with Crippen LogP contribution < -0.4 is 0 Å². The van der Waals surface area contributed by atoms with Gasteiger partial charge in [-0.15, -0.1) is 0 Å². The first kappa shape index (κ1) is 43.0. The number of ketones is 1. The zero-order chi connectivity index (χ0) is 36.7. The van der Waals surface area contributed by atoms with Crippen molar-refractivity contribution in [2.24, 2.45) is 35.5 Å². The summed E-state index contributed by atoms with van der Waals surface area (Å²) in [5, 5.41) is 22.4. The summed E-state index contributed by atoms with van der Waals surface area (Å²) < 4.78 is 22.8. The molecule has 2 N–H and O–H groups in total. The fraction of sp³-hybridized carbons (Fsp3) is 0.667. The predicted molar refractivity (Wildman–Crippen MR) is 189 cm³/mol. The SMILES string of the molecule is CCCC(=O)O[C@H](C(C)C)[C@@H](C)/C=C/C(=O)[C@@H](C)[C@H](O)[C@H](C)[C@H]1OC(=O)/C(OC)=C\C(C)=C/[C@@H](C)[C@@H](O)[C@H](C)C/C(C)=C\C=C/[C@@H]1OC. The van der Waals surface area contributed by atoms with E-state index in [1.165, 1.54) is 20.3 Å². The number of aliphatic hydroxyl groups is 2. The fourth-order valence-corrected chi connectivity index (χ4v) is 6.08. The molecule has 0 aromatic rings. The van der Waals surface area contributed by atoms with Crippen molar-refractivity contribution in [3.05, 3.63) is 59.4 Å². The summed E-state index contributed by atoms with van der Waals surface area (Å²) in [5.41, 5.74) is 1.77. The number of cyclic esters (lactones) is 1. The van der Waals surface area contributed by atoms with Crippen molar-refractivity contribution in [2.45, 2.75) is 119 Å². The van der Waals surface area contributed by atoms with E-state index in [2.05, 4.69) is 0 Å². The highest BCUT2D eigenvalue weighted by molar-refractivity contribution is 5.92. The molecule has 0 spiro atoms. The first-order valence-corrected chi connectivity index (χ1v) is 17.3. The summed E-state index contributed by atoms with van der Waals surface area (Å²) >= 11 is 0. The zero-order valence-electron chi connectivity index (χ0n) is 31.3. The number of carbonyl (C=O) groups excluding carboxylic acids is 3. The average Bonchev–Trinajstić information content (AvgIpc) is 3.03. The average molecular weight is 675 g/mol. The second-order valence-electron chi connectivity index (χ2n) is 13.8. The Kier molecular flexibility index (Phi) is 19.0. The van der Waals surface area contributed by atoms with E-state index in [0.717, 1.165) is 11.1 Å². The van der Waals surface area contributed by atoms with Crippen molar-refractivity contribution in [3.8, 4) is 0 Å². The number of methoxy groups -OCH3 is 2. The van der Waals surface area contributed by atoms with E-state index >= 15 is 0 Å². The van der Waals surface area contributed by atoms with E-state index < -0.39 is 48.3 Å². The van der Waals surface area contributed by atoms with Gasteiger partial charge in [-0.25, -0.2) is 4.79 Å². The summed E-state index contributed by atoms with van der Waals surface area (Å²) in [7, 11) is 2.86. The monoisotopic (exact) mass is 674 g/mol. The molecule has 1 aliphatic rings. The van der Waals surface area contributed by atoms with Crippen molar-refractivity contribution < 1.29 is 43.5 Å². The third-order valence-electron chi connectivity index (χ3n) is 9.07.